The van der Waals surface area contributed by atoms with Crippen molar-refractivity contribution in [3.63, 3.8) is 0 Å². The lowest BCUT2D eigenvalue weighted by atomic mass is 9.92. The third-order valence-electron chi connectivity index (χ3n) is 6.15. The molecule has 2 aromatic heterocycles. The van der Waals surface area contributed by atoms with E-state index in [1.807, 2.05) is 0 Å². The summed E-state index contributed by atoms with van der Waals surface area (Å²) < 4.78 is 90.7. The fourth-order valence-corrected chi connectivity index (χ4v) is 4.35. The minimum atomic E-state index is -4.95. The van der Waals surface area contributed by atoms with E-state index in [4.69, 9.17) is 4.74 Å². The minimum Gasteiger partial charge on any atom is -0.406 e. The standard InChI is InChI=1S/C23H18F6N6O5/c24-13-4-10(5-14(25)17(13)26)15-7-35(33-31-15)18-19(37)16(8-36)39-21(20(18)38)22-32-30-9-34(22)11-2-1-3-12(6-11)40-23(27,28)29/h1-7,9,16,18-21,36-38H,8H2/t16-,18+,19+,20-,21-/m1/s1. The molecule has 5 rings (SSSR count). The molecule has 2 aromatic carbocycles. The van der Waals surface area contributed by atoms with Crippen LogP contribution in [-0.4, -0.2) is 76.4 Å². The first-order valence-electron chi connectivity index (χ1n) is 11.4. The number of ether oxygens (including phenoxy) is 2. The van der Waals surface area contributed by atoms with Crippen LogP contribution in [0.5, 0.6) is 5.75 Å². The number of aromatic nitrogens is 6. The van der Waals surface area contributed by atoms with Crippen molar-refractivity contribution in [1.29, 1.82) is 0 Å². The Labute approximate surface area is 219 Å². The van der Waals surface area contributed by atoms with Crippen LogP contribution in [0, 0.1) is 17.5 Å². The molecule has 0 radical (unpaired) electrons. The van der Waals surface area contributed by atoms with Gasteiger partial charge in [-0.25, -0.2) is 17.9 Å². The van der Waals surface area contributed by atoms with E-state index in [2.05, 4.69) is 25.2 Å². The van der Waals surface area contributed by atoms with Crippen molar-refractivity contribution in [1.82, 2.24) is 29.8 Å². The van der Waals surface area contributed by atoms with E-state index in [-0.39, 0.29) is 22.8 Å². The summed E-state index contributed by atoms with van der Waals surface area (Å²) in [7, 11) is 0. The molecule has 0 saturated carbocycles. The Morgan fingerprint density at radius 1 is 1.00 bits per heavy atom. The van der Waals surface area contributed by atoms with E-state index < -0.39 is 66.6 Å². The van der Waals surface area contributed by atoms with Crippen molar-refractivity contribution >= 4 is 0 Å². The SMILES string of the molecule is OC[C@H]1O[C@@H](c2nncn2-c2cccc(OC(F)(F)F)c2)[C@H](O)[C@@H](n2cc(-c3cc(F)c(F)c(F)c3)nn2)[C@H]1O. The highest BCUT2D eigenvalue weighted by Gasteiger charge is 2.48. The fourth-order valence-electron chi connectivity index (χ4n) is 4.35. The normalized spacial score (nSPS) is 23.4. The molecule has 1 aliphatic rings. The maximum absolute atomic E-state index is 13.7. The van der Waals surface area contributed by atoms with Crippen molar-refractivity contribution in [2.24, 2.45) is 0 Å². The van der Waals surface area contributed by atoms with Crippen LogP contribution >= 0.6 is 0 Å². The summed E-state index contributed by atoms with van der Waals surface area (Å²) in [5.41, 5.74) is -0.218. The van der Waals surface area contributed by atoms with Crippen LogP contribution < -0.4 is 4.74 Å². The summed E-state index contributed by atoms with van der Waals surface area (Å²) in [4.78, 5) is 0. The van der Waals surface area contributed by atoms with Crippen LogP contribution in [0.4, 0.5) is 26.3 Å². The second kappa shape index (κ2) is 10.5. The van der Waals surface area contributed by atoms with Gasteiger partial charge in [-0.2, -0.15) is 0 Å². The molecule has 4 aromatic rings. The zero-order valence-corrected chi connectivity index (χ0v) is 19.8. The van der Waals surface area contributed by atoms with E-state index in [1.165, 1.54) is 16.7 Å². The number of hydrogen-bond acceptors (Lipinski definition) is 9. The van der Waals surface area contributed by atoms with E-state index in [0.717, 1.165) is 29.3 Å². The van der Waals surface area contributed by atoms with Crippen molar-refractivity contribution < 1.29 is 51.1 Å². The van der Waals surface area contributed by atoms with Crippen LogP contribution in [0.3, 0.4) is 0 Å². The summed E-state index contributed by atoms with van der Waals surface area (Å²) in [6, 6.07) is 4.78. The van der Waals surface area contributed by atoms with Gasteiger partial charge in [0.1, 0.15) is 48.2 Å². The van der Waals surface area contributed by atoms with Crippen LogP contribution in [0.15, 0.2) is 48.9 Å². The molecule has 3 heterocycles. The zero-order chi connectivity index (χ0) is 28.8. The van der Waals surface area contributed by atoms with E-state index in [0.29, 0.717) is 12.1 Å². The van der Waals surface area contributed by atoms with Gasteiger partial charge in [-0.15, -0.1) is 28.5 Å². The van der Waals surface area contributed by atoms with Gasteiger partial charge in [0.15, 0.2) is 23.3 Å². The summed E-state index contributed by atoms with van der Waals surface area (Å²) in [6.07, 6.45) is -8.69. The van der Waals surface area contributed by atoms with Gasteiger partial charge in [-0.1, -0.05) is 11.3 Å². The largest absolute Gasteiger partial charge is 0.573 e. The highest BCUT2D eigenvalue weighted by atomic mass is 19.4. The molecule has 0 amide bonds. The van der Waals surface area contributed by atoms with Gasteiger partial charge in [0.05, 0.1) is 18.5 Å². The van der Waals surface area contributed by atoms with Gasteiger partial charge in [-0.3, -0.25) is 4.57 Å². The monoisotopic (exact) mass is 572 g/mol. The third-order valence-corrected chi connectivity index (χ3v) is 6.15. The molecular formula is C23H18F6N6O5. The molecule has 1 aliphatic heterocycles. The summed E-state index contributed by atoms with van der Waals surface area (Å²) in [5.74, 6) is -5.28. The summed E-state index contributed by atoms with van der Waals surface area (Å²) in [6.45, 7) is -0.736. The van der Waals surface area contributed by atoms with E-state index in [1.54, 1.807) is 0 Å². The van der Waals surface area contributed by atoms with Crippen LogP contribution in [0.2, 0.25) is 0 Å². The molecule has 5 atom stereocenters. The molecule has 1 saturated heterocycles. The summed E-state index contributed by atoms with van der Waals surface area (Å²) in [5, 5.41) is 47.2. The average molecular weight is 572 g/mol. The van der Waals surface area contributed by atoms with Gasteiger partial charge >= 0.3 is 6.36 Å². The lowest BCUT2D eigenvalue weighted by Crippen LogP contribution is -2.53. The molecule has 0 bridgehead atoms. The van der Waals surface area contributed by atoms with Crippen molar-refractivity contribution in [2.75, 3.05) is 6.61 Å². The van der Waals surface area contributed by atoms with Crippen molar-refractivity contribution in [3.05, 3.63) is 72.2 Å². The lowest BCUT2D eigenvalue weighted by molar-refractivity contribution is -0.274. The van der Waals surface area contributed by atoms with Crippen LogP contribution in [0.1, 0.15) is 18.0 Å². The number of benzene rings is 2. The molecular weight excluding hydrogens is 554 g/mol. The molecule has 17 heteroatoms. The molecule has 0 spiro atoms. The molecule has 212 valence electrons. The number of hydrogen-bond donors (Lipinski definition) is 3. The first-order chi connectivity index (χ1) is 19.0. The highest BCUT2D eigenvalue weighted by Crippen LogP contribution is 2.38. The molecule has 3 N–H and O–H groups in total. The van der Waals surface area contributed by atoms with Crippen LogP contribution in [-0.2, 0) is 4.74 Å². The second-order valence-corrected chi connectivity index (χ2v) is 8.69. The lowest BCUT2D eigenvalue weighted by Gasteiger charge is -2.41. The predicted molar refractivity (Wildman–Crippen MR) is 119 cm³/mol. The molecule has 1 fully saturated rings. The quantitative estimate of drug-likeness (QED) is 0.234. The number of aliphatic hydroxyl groups is 3. The van der Waals surface area contributed by atoms with Crippen molar-refractivity contribution in [3.8, 4) is 22.7 Å². The maximum atomic E-state index is 13.7. The third kappa shape index (κ3) is 5.23. The molecule has 11 nitrogen and oxygen atoms in total. The van der Waals surface area contributed by atoms with Gasteiger partial charge in [-0.05, 0) is 24.3 Å². The van der Waals surface area contributed by atoms with Gasteiger partial charge in [0, 0.05) is 11.6 Å². The fraction of sp³-hybridized carbons (Fsp3) is 0.304. The maximum Gasteiger partial charge on any atom is 0.573 e. The van der Waals surface area contributed by atoms with E-state index in [9.17, 15) is 41.7 Å². The minimum absolute atomic E-state index is 0.101. The Hall–Kier alpha value is -4.06. The Morgan fingerprint density at radius 3 is 2.40 bits per heavy atom. The first kappa shape index (κ1) is 27.5. The Morgan fingerprint density at radius 2 is 1.73 bits per heavy atom. The Bertz CT molecular complexity index is 1490. The smallest absolute Gasteiger partial charge is 0.406 e. The zero-order valence-electron chi connectivity index (χ0n) is 19.8. The Balaban J connectivity index is 1.49. The highest BCUT2D eigenvalue weighted by molar-refractivity contribution is 5.58. The van der Waals surface area contributed by atoms with Crippen molar-refractivity contribution in [2.45, 2.75) is 36.8 Å². The number of alkyl halides is 3. The second-order valence-electron chi connectivity index (χ2n) is 8.69. The van der Waals surface area contributed by atoms with Gasteiger partial charge < -0.3 is 24.8 Å². The molecule has 40 heavy (non-hydrogen) atoms. The summed E-state index contributed by atoms with van der Waals surface area (Å²) >= 11 is 0. The molecule has 0 unspecified atom stereocenters. The number of halogens is 6. The number of rotatable bonds is 6. The van der Waals surface area contributed by atoms with Crippen LogP contribution in [0.25, 0.3) is 16.9 Å². The van der Waals surface area contributed by atoms with Gasteiger partial charge in [0.2, 0.25) is 0 Å². The number of nitrogens with zero attached hydrogens (tertiary/aromatic N) is 6. The topological polar surface area (TPSA) is 141 Å². The van der Waals surface area contributed by atoms with Gasteiger partial charge in [0.25, 0.3) is 0 Å². The van der Waals surface area contributed by atoms with E-state index >= 15 is 0 Å². The first-order valence-corrected chi connectivity index (χ1v) is 11.4. The number of aliphatic hydroxyl groups excluding tert-OH is 3. The predicted octanol–water partition coefficient (Wildman–Crippen LogP) is 2.24. The molecule has 0 aliphatic carbocycles. The Kier molecular flexibility index (Phi) is 7.21. The average Bonchev–Trinajstić information content (AvgIpc) is 3.57.